The SMILES string of the molecule is Nc1nc(N)nc(N)n1.O.O=[N+]([O-])c1ccc(O)cc1.O=[N+]([O-])c1ccc(O)cc1. The summed E-state index contributed by atoms with van der Waals surface area (Å²) in [7, 11) is 0. The highest BCUT2D eigenvalue weighted by molar-refractivity contribution is 5.36. The first-order valence-corrected chi connectivity index (χ1v) is 7.48. The molecule has 15 nitrogen and oxygen atoms in total. The van der Waals surface area contributed by atoms with Gasteiger partial charge in [0.05, 0.1) is 9.85 Å². The fourth-order valence-electron chi connectivity index (χ4n) is 1.58. The number of nitro groups is 2. The Balaban J connectivity index is 0.000000414. The average molecular weight is 422 g/mol. The second-order valence-electron chi connectivity index (χ2n) is 4.96. The number of aromatic nitrogens is 3. The molecule has 0 aliphatic rings. The van der Waals surface area contributed by atoms with Crippen molar-refractivity contribution in [1.82, 2.24) is 15.0 Å². The molecule has 1 heterocycles. The second-order valence-corrected chi connectivity index (χ2v) is 4.96. The Bertz CT molecular complexity index is 862. The number of anilines is 3. The van der Waals surface area contributed by atoms with Crippen LogP contribution in [0.4, 0.5) is 29.2 Å². The number of rotatable bonds is 2. The highest BCUT2D eigenvalue weighted by atomic mass is 16.6. The van der Waals surface area contributed by atoms with Crippen molar-refractivity contribution in [1.29, 1.82) is 0 Å². The minimum absolute atomic E-state index is 0. The largest absolute Gasteiger partial charge is 0.508 e. The lowest BCUT2D eigenvalue weighted by atomic mass is 10.3. The van der Waals surface area contributed by atoms with Crippen LogP contribution < -0.4 is 17.2 Å². The van der Waals surface area contributed by atoms with Gasteiger partial charge in [-0.25, -0.2) is 0 Å². The summed E-state index contributed by atoms with van der Waals surface area (Å²) >= 11 is 0. The molecule has 0 saturated heterocycles. The number of nitrogen functional groups attached to an aromatic ring is 3. The molecule has 0 atom stereocenters. The first kappa shape index (κ1) is 25.2. The van der Waals surface area contributed by atoms with E-state index in [4.69, 9.17) is 27.4 Å². The van der Waals surface area contributed by atoms with E-state index < -0.39 is 9.85 Å². The van der Waals surface area contributed by atoms with Gasteiger partial charge in [0.15, 0.2) is 0 Å². The zero-order valence-corrected chi connectivity index (χ0v) is 15.1. The monoisotopic (exact) mass is 422 g/mol. The van der Waals surface area contributed by atoms with Gasteiger partial charge < -0.3 is 32.9 Å². The van der Waals surface area contributed by atoms with E-state index in [2.05, 4.69) is 15.0 Å². The molecule has 30 heavy (non-hydrogen) atoms. The first-order valence-electron chi connectivity index (χ1n) is 7.48. The molecule has 3 rings (SSSR count). The highest BCUT2D eigenvalue weighted by Gasteiger charge is 2.02. The Morgan fingerprint density at radius 2 is 0.867 bits per heavy atom. The topological polar surface area (TPSA) is 275 Å². The third-order valence-corrected chi connectivity index (χ3v) is 2.81. The highest BCUT2D eigenvalue weighted by Crippen LogP contribution is 2.15. The Morgan fingerprint density at radius 3 is 1.07 bits per heavy atom. The number of nitrogens with two attached hydrogens (primary N) is 3. The van der Waals surface area contributed by atoms with Gasteiger partial charge in [0.1, 0.15) is 11.5 Å². The summed E-state index contributed by atoms with van der Waals surface area (Å²) in [5.41, 5.74) is 15.4. The Morgan fingerprint density at radius 1 is 0.633 bits per heavy atom. The van der Waals surface area contributed by atoms with Gasteiger partial charge in [-0.2, -0.15) is 15.0 Å². The summed E-state index contributed by atoms with van der Waals surface area (Å²) in [4.78, 5) is 29.5. The number of hydrogen-bond donors (Lipinski definition) is 5. The molecule has 160 valence electrons. The molecular weight excluding hydrogens is 404 g/mol. The predicted octanol–water partition coefficient (Wildman–Crippen LogP) is 0.394. The summed E-state index contributed by atoms with van der Waals surface area (Å²) in [5, 5.41) is 37.5. The van der Waals surface area contributed by atoms with Crippen molar-refractivity contribution in [3.63, 3.8) is 0 Å². The molecule has 0 saturated carbocycles. The van der Waals surface area contributed by atoms with Crippen molar-refractivity contribution >= 4 is 29.2 Å². The molecule has 0 aliphatic heterocycles. The number of nitrogens with zero attached hydrogens (tertiary/aromatic N) is 5. The smallest absolute Gasteiger partial charge is 0.269 e. The molecule has 2 aromatic carbocycles. The summed E-state index contributed by atoms with van der Waals surface area (Å²) < 4.78 is 0. The van der Waals surface area contributed by atoms with E-state index in [1.165, 1.54) is 48.5 Å². The fraction of sp³-hybridized carbons (Fsp3) is 0. The molecule has 0 aliphatic carbocycles. The van der Waals surface area contributed by atoms with Crippen LogP contribution in [-0.4, -0.2) is 40.5 Å². The molecule has 15 heteroatoms. The summed E-state index contributed by atoms with van der Waals surface area (Å²) in [5.74, 6) is 0.191. The van der Waals surface area contributed by atoms with Gasteiger partial charge in [-0.05, 0) is 24.3 Å². The van der Waals surface area contributed by atoms with Gasteiger partial charge in [0.25, 0.3) is 11.4 Å². The summed E-state index contributed by atoms with van der Waals surface area (Å²) in [6.07, 6.45) is 0. The number of aromatic hydroxyl groups is 2. The van der Waals surface area contributed by atoms with Crippen LogP contribution in [0.1, 0.15) is 0 Å². The normalized spacial score (nSPS) is 8.93. The Hall–Kier alpha value is -4.79. The standard InChI is InChI=1S/2C6H5NO3.C3H6N6.H2O/c2*8-6-3-1-5(2-4-6)7(9)10;4-1-7-2(5)9-3(6)8-1;/h2*1-4,8H;(H6,4,5,6,7,8,9);1H2. The molecule has 0 amide bonds. The van der Waals surface area contributed by atoms with Gasteiger partial charge in [0.2, 0.25) is 17.8 Å². The van der Waals surface area contributed by atoms with E-state index >= 15 is 0 Å². The number of phenolic OH excluding ortho intramolecular Hbond substituents is 2. The maximum atomic E-state index is 10.0. The summed E-state index contributed by atoms with van der Waals surface area (Å²) in [6.45, 7) is 0. The van der Waals surface area contributed by atoms with Crippen molar-refractivity contribution < 1.29 is 25.5 Å². The van der Waals surface area contributed by atoms with Crippen LogP contribution in [0.2, 0.25) is 0 Å². The van der Waals surface area contributed by atoms with Crippen molar-refractivity contribution in [2.45, 2.75) is 0 Å². The molecule has 0 radical (unpaired) electrons. The lowest BCUT2D eigenvalue weighted by Gasteiger charge is -1.93. The van der Waals surface area contributed by atoms with Crippen LogP contribution in [0.5, 0.6) is 11.5 Å². The fourth-order valence-corrected chi connectivity index (χ4v) is 1.58. The van der Waals surface area contributed by atoms with Gasteiger partial charge in [-0.3, -0.25) is 20.2 Å². The lowest BCUT2D eigenvalue weighted by Crippen LogP contribution is -2.05. The van der Waals surface area contributed by atoms with Gasteiger partial charge in [-0.15, -0.1) is 0 Å². The van der Waals surface area contributed by atoms with E-state index in [1.807, 2.05) is 0 Å². The quantitative estimate of drug-likeness (QED) is 0.277. The van der Waals surface area contributed by atoms with E-state index in [9.17, 15) is 20.2 Å². The number of hydrogen-bond acceptors (Lipinski definition) is 12. The average Bonchev–Trinajstić information content (AvgIpc) is 2.62. The number of nitro benzene ring substituents is 2. The molecule has 0 bridgehead atoms. The Labute approximate surface area is 168 Å². The van der Waals surface area contributed by atoms with Crippen LogP contribution in [0.25, 0.3) is 0 Å². The molecule has 1 aromatic heterocycles. The van der Waals surface area contributed by atoms with Crippen molar-refractivity contribution in [3.8, 4) is 11.5 Å². The molecule has 3 aromatic rings. The Kier molecular flexibility index (Phi) is 9.94. The minimum Gasteiger partial charge on any atom is -0.508 e. The van der Waals surface area contributed by atoms with Gasteiger partial charge in [0, 0.05) is 24.3 Å². The van der Waals surface area contributed by atoms with Gasteiger partial charge >= 0.3 is 0 Å². The molecule has 0 fully saturated rings. The first-order chi connectivity index (χ1) is 13.6. The van der Waals surface area contributed by atoms with Crippen molar-refractivity contribution in [3.05, 3.63) is 68.8 Å². The zero-order chi connectivity index (χ0) is 22.0. The van der Waals surface area contributed by atoms with Crippen molar-refractivity contribution in [2.75, 3.05) is 17.2 Å². The lowest BCUT2D eigenvalue weighted by molar-refractivity contribution is -0.385. The maximum absolute atomic E-state index is 10.0. The van der Waals surface area contributed by atoms with Crippen LogP contribution in [-0.2, 0) is 0 Å². The molecule has 0 spiro atoms. The minimum atomic E-state index is -0.514. The summed E-state index contributed by atoms with van der Waals surface area (Å²) in [6, 6.07) is 10.1. The van der Waals surface area contributed by atoms with E-state index in [1.54, 1.807) is 0 Å². The molecular formula is C15H18N8O7. The third-order valence-electron chi connectivity index (χ3n) is 2.81. The van der Waals surface area contributed by atoms with Crippen LogP contribution >= 0.6 is 0 Å². The van der Waals surface area contributed by atoms with Crippen LogP contribution in [0.3, 0.4) is 0 Å². The number of non-ortho nitro benzene ring substituents is 2. The molecule has 0 unspecified atom stereocenters. The van der Waals surface area contributed by atoms with E-state index in [0.717, 1.165) is 0 Å². The number of phenols is 2. The zero-order valence-electron chi connectivity index (χ0n) is 15.1. The maximum Gasteiger partial charge on any atom is 0.269 e. The van der Waals surface area contributed by atoms with E-state index in [0.29, 0.717) is 0 Å². The van der Waals surface area contributed by atoms with E-state index in [-0.39, 0.29) is 46.2 Å². The predicted molar refractivity (Wildman–Crippen MR) is 106 cm³/mol. The van der Waals surface area contributed by atoms with Crippen molar-refractivity contribution in [2.24, 2.45) is 0 Å². The van der Waals surface area contributed by atoms with Gasteiger partial charge in [-0.1, -0.05) is 0 Å². The second kappa shape index (κ2) is 11.8. The third kappa shape index (κ3) is 9.24. The van der Waals surface area contributed by atoms with Crippen LogP contribution in [0.15, 0.2) is 48.5 Å². The van der Waals surface area contributed by atoms with Crippen LogP contribution in [0, 0.1) is 20.2 Å². The number of benzene rings is 2. The molecule has 10 N–H and O–H groups in total.